The molecule has 0 bridgehead atoms. The first-order valence-corrected chi connectivity index (χ1v) is 13.0. The SMILES string of the molecule is O=C([O-])C[C@@H](O)C[C@@H](O)/C=C/c1c2c(nn1-c1ccc(F)cc1)C(Cc1cccc3ccccc13)CCC2.[Na+]. The summed E-state index contributed by atoms with van der Waals surface area (Å²) in [7, 11) is 0. The van der Waals surface area contributed by atoms with Gasteiger partial charge in [-0.1, -0.05) is 48.5 Å². The number of fused-ring (bicyclic) bond motifs is 2. The molecule has 6 nitrogen and oxygen atoms in total. The Morgan fingerprint density at radius 2 is 1.85 bits per heavy atom. The standard InChI is InChI=1S/C31H31FN2O4.Na/c32-23-11-13-24(14-12-23)34-29(16-15-25(35)18-26(36)19-30(37)38)28-10-4-8-22(31(28)33-34)17-21-7-3-6-20-5-1-2-9-27(20)21;/h1-3,5-7,9,11-16,22,25-26,35-36H,4,8,10,17-19H2,(H,37,38);/q;+1/p-1/b16-15+;/t22?,25-,26-;/m0./s1. The molecule has 3 atom stereocenters. The molecule has 1 aliphatic rings. The zero-order valence-electron chi connectivity index (χ0n) is 22.0. The number of aliphatic carboxylic acids is 1. The first kappa shape index (κ1) is 29.2. The summed E-state index contributed by atoms with van der Waals surface area (Å²) in [5, 5.41) is 38.5. The molecule has 1 heterocycles. The third-order valence-corrected chi connectivity index (χ3v) is 7.23. The largest absolute Gasteiger partial charge is 1.00 e. The van der Waals surface area contributed by atoms with Crippen LogP contribution in [0.5, 0.6) is 0 Å². The van der Waals surface area contributed by atoms with E-state index in [1.165, 1.54) is 28.5 Å². The van der Waals surface area contributed by atoms with E-state index in [0.717, 1.165) is 42.6 Å². The second kappa shape index (κ2) is 13.0. The quantitative estimate of drug-likeness (QED) is 0.312. The predicted molar refractivity (Wildman–Crippen MR) is 142 cm³/mol. The monoisotopic (exact) mass is 536 g/mol. The van der Waals surface area contributed by atoms with E-state index in [1.54, 1.807) is 29.0 Å². The summed E-state index contributed by atoms with van der Waals surface area (Å²) in [6, 6.07) is 20.9. The molecule has 3 aromatic carbocycles. The molecule has 8 heteroatoms. The van der Waals surface area contributed by atoms with E-state index >= 15 is 0 Å². The number of halogens is 1. The molecular weight excluding hydrogens is 506 g/mol. The Morgan fingerprint density at radius 1 is 1.10 bits per heavy atom. The number of rotatable bonds is 9. The van der Waals surface area contributed by atoms with E-state index in [1.807, 2.05) is 6.07 Å². The van der Waals surface area contributed by atoms with Crippen molar-refractivity contribution in [1.82, 2.24) is 9.78 Å². The van der Waals surface area contributed by atoms with Crippen LogP contribution in [0, 0.1) is 5.82 Å². The Hall–Kier alpha value is -2.81. The first-order valence-electron chi connectivity index (χ1n) is 13.0. The molecule has 0 saturated carbocycles. The van der Waals surface area contributed by atoms with E-state index in [0.29, 0.717) is 5.69 Å². The van der Waals surface area contributed by atoms with Crippen LogP contribution >= 0.6 is 0 Å². The van der Waals surface area contributed by atoms with Gasteiger partial charge in [0.05, 0.1) is 29.3 Å². The maximum atomic E-state index is 13.7. The van der Waals surface area contributed by atoms with Crippen molar-refractivity contribution in [3.8, 4) is 5.69 Å². The molecule has 2 N–H and O–H groups in total. The van der Waals surface area contributed by atoms with Crippen LogP contribution in [-0.2, 0) is 17.6 Å². The Labute approximate surface area is 249 Å². The van der Waals surface area contributed by atoms with Crippen molar-refractivity contribution < 1.29 is 54.1 Å². The van der Waals surface area contributed by atoms with E-state index < -0.39 is 24.6 Å². The molecule has 196 valence electrons. The van der Waals surface area contributed by atoms with Crippen LogP contribution in [0.3, 0.4) is 0 Å². The third kappa shape index (κ3) is 6.86. The molecule has 1 aliphatic carbocycles. The van der Waals surface area contributed by atoms with E-state index in [4.69, 9.17) is 5.10 Å². The summed E-state index contributed by atoms with van der Waals surface area (Å²) in [5.74, 6) is -1.50. The molecule has 0 spiro atoms. The van der Waals surface area contributed by atoms with Gasteiger partial charge >= 0.3 is 29.6 Å². The number of aliphatic hydroxyl groups excluding tert-OH is 2. The van der Waals surface area contributed by atoms with Crippen LogP contribution in [0.25, 0.3) is 22.5 Å². The number of hydrogen-bond donors (Lipinski definition) is 2. The maximum Gasteiger partial charge on any atom is 1.00 e. The summed E-state index contributed by atoms with van der Waals surface area (Å²) in [6.07, 6.45) is 4.05. The molecule has 0 aliphatic heterocycles. The minimum absolute atomic E-state index is 0. The summed E-state index contributed by atoms with van der Waals surface area (Å²) < 4.78 is 15.5. The smallest absolute Gasteiger partial charge is 0.550 e. The number of carbonyl (C=O) groups is 1. The minimum Gasteiger partial charge on any atom is -0.550 e. The number of aliphatic hydroxyl groups is 2. The van der Waals surface area contributed by atoms with Gasteiger partial charge in [0.1, 0.15) is 5.82 Å². The van der Waals surface area contributed by atoms with Gasteiger partial charge in [0.15, 0.2) is 0 Å². The van der Waals surface area contributed by atoms with Crippen molar-refractivity contribution in [2.75, 3.05) is 0 Å². The van der Waals surface area contributed by atoms with Crippen molar-refractivity contribution in [2.45, 2.75) is 56.7 Å². The average Bonchev–Trinajstić information content (AvgIpc) is 3.27. The Balaban J connectivity index is 0.00000353. The van der Waals surface area contributed by atoms with Crippen molar-refractivity contribution in [1.29, 1.82) is 0 Å². The average molecular weight is 537 g/mol. The van der Waals surface area contributed by atoms with Gasteiger partial charge in [0, 0.05) is 30.3 Å². The molecule has 1 aromatic heterocycles. The number of carbonyl (C=O) groups excluding carboxylic acids is 1. The van der Waals surface area contributed by atoms with Crippen molar-refractivity contribution in [3.63, 3.8) is 0 Å². The van der Waals surface area contributed by atoms with E-state index in [9.17, 15) is 24.5 Å². The first-order chi connectivity index (χ1) is 18.4. The van der Waals surface area contributed by atoms with Crippen LogP contribution in [-0.4, -0.2) is 38.2 Å². The van der Waals surface area contributed by atoms with E-state index in [2.05, 4.69) is 36.4 Å². The van der Waals surface area contributed by atoms with Gasteiger partial charge in [-0.3, -0.25) is 0 Å². The fourth-order valence-electron chi connectivity index (χ4n) is 5.45. The fourth-order valence-corrected chi connectivity index (χ4v) is 5.45. The molecule has 1 unspecified atom stereocenters. The molecule has 5 rings (SSSR count). The van der Waals surface area contributed by atoms with Gasteiger partial charge < -0.3 is 20.1 Å². The number of carboxylic acids is 1. The number of benzene rings is 3. The summed E-state index contributed by atoms with van der Waals surface area (Å²) in [5.41, 5.74) is 4.86. The second-order valence-corrected chi connectivity index (χ2v) is 9.96. The van der Waals surface area contributed by atoms with Crippen molar-refractivity contribution in [2.24, 2.45) is 0 Å². The Kier molecular flexibility index (Phi) is 9.75. The molecular formula is C31H30FN2NaO4. The molecule has 0 saturated heterocycles. The molecule has 0 fully saturated rings. The summed E-state index contributed by atoms with van der Waals surface area (Å²) in [6.45, 7) is 0. The fraction of sp³-hybridized carbons (Fsp3) is 0.290. The van der Waals surface area contributed by atoms with Gasteiger partial charge in [-0.05, 0) is 72.4 Å². The summed E-state index contributed by atoms with van der Waals surface area (Å²) in [4.78, 5) is 10.7. The van der Waals surface area contributed by atoms with Crippen LogP contribution < -0.4 is 34.7 Å². The van der Waals surface area contributed by atoms with Crippen molar-refractivity contribution >= 4 is 22.8 Å². The van der Waals surface area contributed by atoms with Crippen LogP contribution in [0.2, 0.25) is 0 Å². The van der Waals surface area contributed by atoms with Crippen molar-refractivity contribution in [3.05, 3.63) is 101 Å². The van der Waals surface area contributed by atoms with Crippen LogP contribution in [0.1, 0.15) is 54.1 Å². The second-order valence-electron chi connectivity index (χ2n) is 9.96. The van der Waals surface area contributed by atoms with Gasteiger partial charge in [-0.2, -0.15) is 5.10 Å². The zero-order valence-corrected chi connectivity index (χ0v) is 24.0. The Morgan fingerprint density at radius 3 is 2.62 bits per heavy atom. The number of nitrogens with zero attached hydrogens (tertiary/aromatic N) is 2. The predicted octanol–water partition coefficient (Wildman–Crippen LogP) is 1.10. The Bertz CT molecular complexity index is 1460. The normalized spacial score (nSPS) is 16.5. The minimum atomic E-state index is -1.37. The van der Waals surface area contributed by atoms with E-state index in [-0.39, 0.29) is 47.7 Å². The molecule has 4 aromatic rings. The van der Waals surface area contributed by atoms with Crippen LogP contribution in [0.15, 0.2) is 72.8 Å². The number of aromatic nitrogens is 2. The zero-order chi connectivity index (χ0) is 26.6. The topological polar surface area (TPSA) is 98.4 Å². The number of carboxylic acid groups (broad SMARTS) is 1. The van der Waals surface area contributed by atoms with Crippen LogP contribution in [0.4, 0.5) is 4.39 Å². The number of hydrogen-bond acceptors (Lipinski definition) is 5. The van der Waals surface area contributed by atoms with Gasteiger partial charge in [-0.25, -0.2) is 9.07 Å². The summed E-state index contributed by atoms with van der Waals surface area (Å²) >= 11 is 0. The van der Waals surface area contributed by atoms with Gasteiger partial charge in [0.2, 0.25) is 0 Å². The molecule has 0 radical (unpaired) electrons. The third-order valence-electron chi connectivity index (χ3n) is 7.23. The van der Waals surface area contributed by atoms with Gasteiger partial charge in [-0.15, -0.1) is 0 Å². The molecule has 0 amide bonds. The maximum absolute atomic E-state index is 13.7. The molecule has 39 heavy (non-hydrogen) atoms. The van der Waals surface area contributed by atoms with Gasteiger partial charge in [0.25, 0.3) is 0 Å².